The molecule has 2 bridgehead atoms. The van der Waals surface area contributed by atoms with E-state index in [1.165, 1.54) is 62.3 Å². The van der Waals surface area contributed by atoms with Crippen molar-refractivity contribution in [2.24, 2.45) is 11.8 Å². The lowest BCUT2D eigenvalue weighted by Gasteiger charge is -2.41. The van der Waals surface area contributed by atoms with E-state index in [1.54, 1.807) is 0 Å². The van der Waals surface area contributed by atoms with Crippen LogP contribution in [-0.4, -0.2) is 48.3 Å². The summed E-state index contributed by atoms with van der Waals surface area (Å²) in [5, 5.41) is 0. The first-order valence-corrected chi connectivity index (χ1v) is 10.1. The average molecular weight is 317 g/mol. The fourth-order valence-electron chi connectivity index (χ4n) is 4.90. The van der Waals surface area contributed by atoms with Gasteiger partial charge in [-0.25, -0.2) is 0 Å². The van der Waals surface area contributed by atoms with Gasteiger partial charge in [0, 0.05) is 43.7 Å². The van der Waals surface area contributed by atoms with Crippen molar-refractivity contribution in [3.8, 4) is 0 Å². The summed E-state index contributed by atoms with van der Waals surface area (Å²) in [4.78, 5) is 6.82. The van der Waals surface area contributed by atoms with Crippen LogP contribution in [0.25, 0.3) is 0 Å². The third kappa shape index (κ3) is 3.08. The van der Waals surface area contributed by atoms with Crippen LogP contribution < -0.4 is 0 Å². The van der Waals surface area contributed by atoms with E-state index in [9.17, 15) is 0 Å². The molecule has 1 heterocycles. The predicted molar refractivity (Wildman–Crippen MR) is 94.3 cm³/mol. The van der Waals surface area contributed by atoms with E-state index in [4.69, 9.17) is 0 Å². The SMILES string of the molecule is CSc1ccc(CN2CCN([C@H]3C[C@H]4CC[C@@H]3C4)CC2)cc1. The fraction of sp³-hybridized carbons (Fsp3) is 0.684. The Balaban J connectivity index is 1.28. The minimum atomic E-state index is 0.932. The Morgan fingerprint density at radius 3 is 2.36 bits per heavy atom. The van der Waals surface area contributed by atoms with Crippen LogP contribution >= 0.6 is 11.8 Å². The summed E-state index contributed by atoms with van der Waals surface area (Å²) in [6, 6.07) is 10.0. The number of rotatable bonds is 4. The molecule has 0 spiro atoms. The van der Waals surface area contributed by atoms with Crippen LogP contribution in [-0.2, 0) is 6.54 Å². The summed E-state index contributed by atoms with van der Waals surface area (Å²) in [6.07, 6.45) is 8.21. The molecule has 0 amide bonds. The average Bonchev–Trinajstić information content (AvgIpc) is 3.19. The van der Waals surface area contributed by atoms with Crippen molar-refractivity contribution in [1.29, 1.82) is 0 Å². The monoisotopic (exact) mass is 316 g/mol. The number of hydrogen-bond donors (Lipinski definition) is 0. The van der Waals surface area contributed by atoms with Gasteiger partial charge >= 0.3 is 0 Å². The summed E-state index contributed by atoms with van der Waals surface area (Å²) in [5.41, 5.74) is 1.46. The van der Waals surface area contributed by atoms with Crippen molar-refractivity contribution in [2.75, 3.05) is 32.4 Å². The zero-order valence-electron chi connectivity index (χ0n) is 13.7. The highest BCUT2D eigenvalue weighted by Crippen LogP contribution is 2.46. The van der Waals surface area contributed by atoms with Crippen molar-refractivity contribution < 1.29 is 0 Å². The van der Waals surface area contributed by atoms with Gasteiger partial charge in [-0.2, -0.15) is 0 Å². The largest absolute Gasteiger partial charge is 0.298 e. The maximum absolute atomic E-state index is 2.82. The zero-order chi connectivity index (χ0) is 14.9. The second-order valence-corrected chi connectivity index (χ2v) is 8.28. The number of fused-ring (bicyclic) bond motifs is 2. The van der Waals surface area contributed by atoms with Crippen LogP contribution in [0.1, 0.15) is 31.2 Å². The first kappa shape index (κ1) is 15.0. The van der Waals surface area contributed by atoms with Gasteiger partial charge in [-0.15, -0.1) is 11.8 Å². The Kier molecular flexibility index (Phi) is 4.47. The molecule has 0 radical (unpaired) electrons. The maximum Gasteiger partial charge on any atom is 0.0234 e. The van der Waals surface area contributed by atoms with Crippen molar-refractivity contribution in [3.63, 3.8) is 0 Å². The summed E-state index contributed by atoms with van der Waals surface area (Å²) in [7, 11) is 0. The molecule has 2 saturated carbocycles. The van der Waals surface area contributed by atoms with Gasteiger partial charge < -0.3 is 0 Å². The Morgan fingerprint density at radius 2 is 1.77 bits per heavy atom. The van der Waals surface area contributed by atoms with E-state index < -0.39 is 0 Å². The fourth-order valence-corrected chi connectivity index (χ4v) is 5.31. The van der Waals surface area contributed by atoms with Crippen LogP contribution in [0.5, 0.6) is 0 Å². The molecule has 3 atom stereocenters. The van der Waals surface area contributed by atoms with Crippen LogP contribution in [0.4, 0.5) is 0 Å². The van der Waals surface area contributed by atoms with Gasteiger partial charge in [0.25, 0.3) is 0 Å². The van der Waals surface area contributed by atoms with Gasteiger partial charge in [-0.1, -0.05) is 18.6 Å². The van der Waals surface area contributed by atoms with Crippen LogP contribution in [0.3, 0.4) is 0 Å². The van der Waals surface area contributed by atoms with Gasteiger partial charge in [0.15, 0.2) is 0 Å². The number of benzene rings is 1. The molecule has 0 N–H and O–H groups in total. The molecule has 22 heavy (non-hydrogen) atoms. The van der Waals surface area contributed by atoms with Gasteiger partial charge in [-0.3, -0.25) is 9.80 Å². The molecule has 3 aliphatic rings. The van der Waals surface area contributed by atoms with Crippen molar-refractivity contribution in [2.45, 2.75) is 43.2 Å². The molecule has 1 aromatic carbocycles. The van der Waals surface area contributed by atoms with Crippen LogP contribution in [0.2, 0.25) is 0 Å². The van der Waals surface area contributed by atoms with E-state index in [0.29, 0.717) is 0 Å². The summed E-state index contributed by atoms with van der Waals surface area (Å²) >= 11 is 1.82. The highest BCUT2D eigenvalue weighted by molar-refractivity contribution is 7.98. The molecular weight excluding hydrogens is 288 g/mol. The minimum absolute atomic E-state index is 0.932. The number of hydrogen-bond acceptors (Lipinski definition) is 3. The predicted octanol–water partition coefficient (Wildman–Crippen LogP) is 3.71. The van der Waals surface area contributed by atoms with E-state index in [2.05, 4.69) is 40.3 Å². The molecule has 1 saturated heterocycles. The second kappa shape index (κ2) is 6.54. The van der Waals surface area contributed by atoms with Gasteiger partial charge in [0.05, 0.1) is 0 Å². The lowest BCUT2D eigenvalue weighted by Crippen LogP contribution is -2.51. The van der Waals surface area contributed by atoms with E-state index in [0.717, 1.165) is 24.4 Å². The van der Waals surface area contributed by atoms with Gasteiger partial charge in [0.1, 0.15) is 0 Å². The standard InChI is InChI=1S/C19H28N2S/c1-22-18-6-3-15(4-7-18)14-20-8-10-21(11-9-20)19-13-16-2-5-17(19)12-16/h3-4,6-7,16-17,19H,2,5,8-14H2,1H3/t16-,17+,19-/m0/s1. The second-order valence-electron chi connectivity index (χ2n) is 7.40. The highest BCUT2D eigenvalue weighted by Gasteiger charge is 2.42. The topological polar surface area (TPSA) is 6.48 Å². The molecule has 3 fully saturated rings. The molecule has 120 valence electrons. The minimum Gasteiger partial charge on any atom is -0.298 e. The van der Waals surface area contributed by atoms with E-state index in [-0.39, 0.29) is 0 Å². The normalized spacial score (nSPS) is 32.7. The lowest BCUT2D eigenvalue weighted by molar-refractivity contribution is 0.0679. The number of nitrogens with zero attached hydrogens (tertiary/aromatic N) is 2. The zero-order valence-corrected chi connectivity index (χ0v) is 14.5. The molecular formula is C19H28N2S. The lowest BCUT2D eigenvalue weighted by atomic mass is 9.93. The summed E-state index contributed by atoms with van der Waals surface area (Å²) in [5.74, 6) is 2.11. The highest BCUT2D eigenvalue weighted by atomic mass is 32.2. The first-order chi connectivity index (χ1) is 10.8. The van der Waals surface area contributed by atoms with Crippen LogP contribution in [0.15, 0.2) is 29.2 Å². The molecule has 2 aliphatic carbocycles. The molecule has 1 aliphatic heterocycles. The Labute approximate surface area is 139 Å². The van der Waals surface area contributed by atoms with Gasteiger partial charge in [-0.05, 0) is 55.1 Å². The number of thioether (sulfide) groups is 1. The van der Waals surface area contributed by atoms with Gasteiger partial charge in [0.2, 0.25) is 0 Å². The van der Waals surface area contributed by atoms with E-state index >= 15 is 0 Å². The molecule has 0 aromatic heterocycles. The van der Waals surface area contributed by atoms with E-state index in [1.807, 2.05) is 11.8 Å². The summed E-state index contributed by atoms with van der Waals surface area (Å²) in [6.45, 7) is 6.20. The summed E-state index contributed by atoms with van der Waals surface area (Å²) < 4.78 is 0. The van der Waals surface area contributed by atoms with Crippen molar-refractivity contribution in [1.82, 2.24) is 9.80 Å². The molecule has 2 nitrogen and oxygen atoms in total. The molecule has 1 aromatic rings. The smallest absolute Gasteiger partial charge is 0.0234 e. The first-order valence-electron chi connectivity index (χ1n) is 8.91. The molecule has 0 unspecified atom stereocenters. The molecule has 3 heteroatoms. The molecule has 4 rings (SSSR count). The maximum atomic E-state index is 2.82. The van der Waals surface area contributed by atoms with Crippen molar-refractivity contribution in [3.05, 3.63) is 29.8 Å². The number of piperazine rings is 1. The third-order valence-electron chi connectivity index (χ3n) is 6.14. The third-order valence-corrected chi connectivity index (χ3v) is 6.89. The quantitative estimate of drug-likeness (QED) is 0.782. The Morgan fingerprint density at radius 1 is 1.00 bits per heavy atom. The Bertz CT molecular complexity index is 493. The van der Waals surface area contributed by atoms with Crippen LogP contribution in [0, 0.1) is 11.8 Å². The van der Waals surface area contributed by atoms with Crippen molar-refractivity contribution >= 4 is 11.8 Å². The Hall–Kier alpha value is -0.510.